The number of fused-ring (bicyclic) bond motifs is 1. The minimum atomic E-state index is -0.157. The van der Waals surface area contributed by atoms with E-state index in [0.717, 1.165) is 22.3 Å². The molecule has 2 aromatic heterocycles. The molecule has 3 rings (SSSR count). The summed E-state index contributed by atoms with van der Waals surface area (Å²) in [6.07, 6.45) is 1.66. The Hall–Kier alpha value is -2.54. The van der Waals surface area contributed by atoms with Crippen LogP contribution in [0.15, 0.2) is 36.5 Å². The van der Waals surface area contributed by atoms with Crippen molar-refractivity contribution in [3.05, 3.63) is 47.8 Å². The predicted octanol–water partition coefficient (Wildman–Crippen LogP) is 2.86. The largest absolute Gasteiger partial charge is 0.370 e. The van der Waals surface area contributed by atoms with Crippen LogP contribution in [0.4, 0.5) is 5.69 Å². The van der Waals surface area contributed by atoms with Gasteiger partial charge >= 0.3 is 0 Å². The summed E-state index contributed by atoms with van der Waals surface area (Å²) < 4.78 is 8.49. The zero-order valence-electron chi connectivity index (χ0n) is 13.9. The number of carbonyl (C=O) groups excluding carboxylic acids is 1. The highest BCUT2D eigenvalue weighted by Crippen LogP contribution is 2.19. The molecule has 24 heavy (non-hydrogen) atoms. The van der Waals surface area contributed by atoms with Crippen LogP contribution in [0.2, 0.25) is 0 Å². The van der Waals surface area contributed by atoms with E-state index in [1.165, 1.54) is 11.7 Å². The molecule has 0 unspecified atom stereocenters. The van der Waals surface area contributed by atoms with Gasteiger partial charge < -0.3 is 10.2 Å². The smallest absolute Gasteiger partial charge is 0.270 e. The molecule has 1 aromatic carbocycles. The molecule has 0 radical (unpaired) electrons. The van der Waals surface area contributed by atoms with Crippen LogP contribution in [-0.2, 0) is 6.54 Å². The van der Waals surface area contributed by atoms with Crippen molar-refractivity contribution in [2.45, 2.75) is 26.4 Å². The molecule has 1 N–H and O–H groups in total. The second kappa shape index (κ2) is 6.92. The predicted molar refractivity (Wildman–Crippen MR) is 96.4 cm³/mol. The first-order valence-electron chi connectivity index (χ1n) is 7.72. The number of anilines is 1. The van der Waals surface area contributed by atoms with Crippen LogP contribution >= 0.6 is 11.7 Å². The van der Waals surface area contributed by atoms with Crippen molar-refractivity contribution in [3.8, 4) is 0 Å². The van der Waals surface area contributed by atoms with E-state index in [1.54, 1.807) is 12.3 Å². The van der Waals surface area contributed by atoms with E-state index in [9.17, 15) is 4.79 Å². The monoisotopic (exact) mass is 341 g/mol. The van der Waals surface area contributed by atoms with Gasteiger partial charge in [-0.1, -0.05) is 6.07 Å². The number of nitrogens with one attached hydrogen (secondary N) is 1. The lowest BCUT2D eigenvalue weighted by atomic mass is 10.2. The van der Waals surface area contributed by atoms with Gasteiger partial charge in [0.05, 0.1) is 11.7 Å². The average Bonchev–Trinajstić information content (AvgIpc) is 3.02. The summed E-state index contributed by atoms with van der Waals surface area (Å²) >= 11 is 1.22. The number of aromatic nitrogens is 3. The van der Waals surface area contributed by atoms with Gasteiger partial charge in [0.15, 0.2) is 0 Å². The Bertz CT molecular complexity index is 861. The number of amides is 1. The molecule has 0 fully saturated rings. The van der Waals surface area contributed by atoms with E-state index < -0.39 is 0 Å². The molecular formula is C17H19N5OS. The van der Waals surface area contributed by atoms with Crippen LogP contribution < -0.4 is 10.2 Å². The fourth-order valence-corrected chi connectivity index (χ4v) is 2.93. The average molecular weight is 341 g/mol. The first-order valence-corrected chi connectivity index (χ1v) is 8.45. The third kappa shape index (κ3) is 3.68. The van der Waals surface area contributed by atoms with Gasteiger partial charge in [-0.25, -0.2) is 0 Å². The molecule has 2 heterocycles. The highest BCUT2D eigenvalue weighted by Gasteiger charge is 2.11. The lowest BCUT2D eigenvalue weighted by molar-refractivity contribution is 0.0938. The molecule has 1 amide bonds. The zero-order chi connectivity index (χ0) is 17.1. The highest BCUT2D eigenvalue weighted by atomic mass is 32.1. The fraction of sp³-hybridized carbons (Fsp3) is 0.294. The Labute approximate surface area is 144 Å². The number of hydrogen-bond acceptors (Lipinski definition) is 6. The van der Waals surface area contributed by atoms with Crippen molar-refractivity contribution in [3.63, 3.8) is 0 Å². The Morgan fingerprint density at radius 3 is 2.79 bits per heavy atom. The second-order valence-corrected chi connectivity index (χ2v) is 6.50. The van der Waals surface area contributed by atoms with Crippen LogP contribution in [0.5, 0.6) is 0 Å². The van der Waals surface area contributed by atoms with E-state index in [2.05, 4.69) is 23.9 Å². The molecule has 0 aliphatic heterocycles. The molecule has 3 aromatic rings. The zero-order valence-corrected chi connectivity index (χ0v) is 14.7. The SMILES string of the molecule is CC(C)NC(=O)c1cc(N(C)Cc2ccc3nsnc3c2)ccn1. The maximum atomic E-state index is 12.1. The third-order valence-corrected chi connectivity index (χ3v) is 4.13. The molecule has 0 atom stereocenters. The topological polar surface area (TPSA) is 71.0 Å². The van der Waals surface area contributed by atoms with Gasteiger partial charge in [0.1, 0.15) is 16.7 Å². The van der Waals surface area contributed by atoms with Gasteiger partial charge in [0, 0.05) is 31.5 Å². The van der Waals surface area contributed by atoms with E-state index in [0.29, 0.717) is 12.2 Å². The Morgan fingerprint density at radius 1 is 1.21 bits per heavy atom. The number of carbonyl (C=O) groups is 1. The molecule has 6 nitrogen and oxygen atoms in total. The molecule has 7 heteroatoms. The summed E-state index contributed by atoms with van der Waals surface area (Å²) in [7, 11) is 1.99. The van der Waals surface area contributed by atoms with Gasteiger partial charge in [0.2, 0.25) is 0 Å². The van der Waals surface area contributed by atoms with Gasteiger partial charge in [-0.05, 0) is 43.7 Å². The summed E-state index contributed by atoms with van der Waals surface area (Å²) in [6.45, 7) is 4.57. The van der Waals surface area contributed by atoms with E-state index >= 15 is 0 Å². The minimum absolute atomic E-state index is 0.0825. The van der Waals surface area contributed by atoms with Crippen molar-refractivity contribution in [2.75, 3.05) is 11.9 Å². The quantitative estimate of drug-likeness (QED) is 0.773. The molecular weight excluding hydrogens is 322 g/mol. The van der Waals surface area contributed by atoms with Crippen molar-refractivity contribution in [1.82, 2.24) is 19.0 Å². The summed E-state index contributed by atoms with van der Waals surface area (Å²) in [5.74, 6) is -0.157. The second-order valence-electron chi connectivity index (χ2n) is 5.97. The molecule has 0 aliphatic rings. The summed E-state index contributed by atoms with van der Waals surface area (Å²) in [5, 5.41) is 2.86. The van der Waals surface area contributed by atoms with Crippen LogP contribution in [0.3, 0.4) is 0 Å². The van der Waals surface area contributed by atoms with Crippen LogP contribution in [0.25, 0.3) is 11.0 Å². The number of rotatable bonds is 5. The van der Waals surface area contributed by atoms with Gasteiger partial charge in [0.25, 0.3) is 5.91 Å². The van der Waals surface area contributed by atoms with Crippen LogP contribution in [0, 0.1) is 0 Å². The molecule has 0 saturated carbocycles. The summed E-state index contributed by atoms with van der Waals surface area (Å²) in [6, 6.07) is 9.86. The Balaban J connectivity index is 1.76. The van der Waals surface area contributed by atoms with Crippen molar-refractivity contribution in [2.24, 2.45) is 0 Å². The molecule has 124 valence electrons. The van der Waals surface area contributed by atoms with Gasteiger partial charge in [-0.2, -0.15) is 8.75 Å². The normalized spacial score (nSPS) is 11.0. The van der Waals surface area contributed by atoms with E-state index in [4.69, 9.17) is 0 Å². The van der Waals surface area contributed by atoms with Crippen molar-refractivity contribution >= 4 is 34.4 Å². The molecule has 0 aliphatic carbocycles. The Kier molecular flexibility index (Phi) is 4.71. The lowest BCUT2D eigenvalue weighted by Crippen LogP contribution is -2.31. The van der Waals surface area contributed by atoms with Gasteiger partial charge in [-0.3, -0.25) is 9.78 Å². The summed E-state index contributed by atoms with van der Waals surface area (Å²) in [5.41, 5.74) is 4.34. The molecule has 0 spiro atoms. The van der Waals surface area contributed by atoms with Gasteiger partial charge in [-0.15, -0.1) is 0 Å². The maximum Gasteiger partial charge on any atom is 0.270 e. The van der Waals surface area contributed by atoms with Crippen molar-refractivity contribution in [1.29, 1.82) is 0 Å². The fourth-order valence-electron chi connectivity index (χ4n) is 2.41. The lowest BCUT2D eigenvalue weighted by Gasteiger charge is -2.20. The number of hydrogen-bond donors (Lipinski definition) is 1. The summed E-state index contributed by atoms with van der Waals surface area (Å²) in [4.78, 5) is 18.3. The number of benzene rings is 1. The minimum Gasteiger partial charge on any atom is -0.370 e. The third-order valence-electron chi connectivity index (χ3n) is 3.57. The maximum absolute atomic E-state index is 12.1. The van der Waals surface area contributed by atoms with Crippen LogP contribution in [0.1, 0.15) is 29.9 Å². The molecule has 0 saturated heterocycles. The van der Waals surface area contributed by atoms with E-state index in [-0.39, 0.29) is 11.9 Å². The number of pyridine rings is 1. The first kappa shape index (κ1) is 16.3. The van der Waals surface area contributed by atoms with E-state index in [1.807, 2.05) is 45.2 Å². The first-order chi connectivity index (χ1) is 11.5. The highest BCUT2D eigenvalue weighted by molar-refractivity contribution is 7.00. The van der Waals surface area contributed by atoms with Crippen molar-refractivity contribution < 1.29 is 4.79 Å². The Morgan fingerprint density at radius 2 is 2.00 bits per heavy atom. The standard InChI is InChI=1S/C17H19N5OS/c1-11(2)19-17(23)16-9-13(6-7-18-16)22(3)10-12-4-5-14-15(8-12)21-24-20-14/h4-9,11H,10H2,1-3H3,(H,19,23). The van der Waals surface area contributed by atoms with Crippen LogP contribution in [-0.4, -0.2) is 32.7 Å². The number of nitrogens with zero attached hydrogens (tertiary/aromatic N) is 4. The molecule has 0 bridgehead atoms.